The Balaban J connectivity index is 2.84. The molecule has 0 aromatic heterocycles. The topological polar surface area (TPSA) is 44.6 Å². The highest BCUT2D eigenvalue weighted by molar-refractivity contribution is 5.81. The summed E-state index contributed by atoms with van der Waals surface area (Å²) in [6.45, 7) is 1.60. The Labute approximate surface area is 69.5 Å². The van der Waals surface area contributed by atoms with E-state index < -0.39 is 0 Å². The number of hydroxylamine groups is 1. The molecule has 0 spiro atoms. The Morgan fingerprint density at radius 3 is 2.50 bits per heavy atom. The van der Waals surface area contributed by atoms with Gasteiger partial charge >= 0.3 is 0 Å². The molecular weight excluding hydrogens is 159 g/mol. The number of amidine groups is 1. The van der Waals surface area contributed by atoms with E-state index >= 15 is 0 Å². The molecule has 0 aliphatic carbocycles. The third-order valence-electron chi connectivity index (χ3n) is 1.29. The molecule has 12 heavy (non-hydrogen) atoms. The Morgan fingerprint density at radius 2 is 2.00 bits per heavy atom. The van der Waals surface area contributed by atoms with Gasteiger partial charge in [0.25, 0.3) is 0 Å². The Morgan fingerprint density at radius 1 is 1.42 bits per heavy atom. The molecule has 1 aromatic rings. The number of nitrogens with one attached hydrogen (secondary N) is 1. The summed E-state index contributed by atoms with van der Waals surface area (Å²) in [6, 6.07) is 5.67. The minimum atomic E-state index is -0.302. The van der Waals surface area contributed by atoms with Gasteiger partial charge in [0.2, 0.25) is 0 Å². The quantitative estimate of drug-likeness (QED) is 0.382. The lowest BCUT2D eigenvalue weighted by Gasteiger charge is -1.96. The molecule has 0 fully saturated rings. The number of halogens is 1. The molecule has 1 aromatic carbocycles. The van der Waals surface area contributed by atoms with E-state index in [1.807, 2.05) is 5.48 Å². The van der Waals surface area contributed by atoms with Gasteiger partial charge in [-0.2, -0.15) is 0 Å². The Bertz CT molecular complexity index is 282. The molecule has 64 valence electrons. The molecule has 2 N–H and O–H groups in total. The smallest absolute Gasteiger partial charge is 0.123 e. The molecule has 4 heteroatoms. The summed E-state index contributed by atoms with van der Waals surface area (Å²) < 4.78 is 12.4. The molecule has 0 unspecified atom stereocenters. The third kappa shape index (κ3) is 2.32. The second-order valence-corrected chi connectivity index (χ2v) is 2.29. The van der Waals surface area contributed by atoms with Crippen molar-refractivity contribution in [1.29, 1.82) is 0 Å². The first-order valence-electron chi connectivity index (χ1n) is 3.43. The molecule has 0 aliphatic rings. The maximum absolute atomic E-state index is 12.4. The van der Waals surface area contributed by atoms with Crippen LogP contribution in [0.4, 0.5) is 10.1 Å². The van der Waals surface area contributed by atoms with Crippen LogP contribution in [0.15, 0.2) is 29.3 Å². The van der Waals surface area contributed by atoms with Crippen LogP contribution in [0.25, 0.3) is 0 Å². The van der Waals surface area contributed by atoms with Crippen LogP contribution in [0.5, 0.6) is 0 Å². The largest absolute Gasteiger partial charge is 0.290 e. The summed E-state index contributed by atoms with van der Waals surface area (Å²) in [7, 11) is 0. The zero-order chi connectivity index (χ0) is 8.97. The van der Waals surface area contributed by atoms with E-state index in [1.165, 1.54) is 24.3 Å². The first-order chi connectivity index (χ1) is 5.72. The highest BCUT2D eigenvalue weighted by atomic mass is 19.1. The second-order valence-electron chi connectivity index (χ2n) is 2.29. The molecule has 0 heterocycles. The third-order valence-corrected chi connectivity index (χ3v) is 1.29. The van der Waals surface area contributed by atoms with Crippen molar-refractivity contribution in [3.8, 4) is 0 Å². The first-order valence-corrected chi connectivity index (χ1v) is 3.43. The molecule has 0 aliphatic heterocycles. The summed E-state index contributed by atoms with van der Waals surface area (Å²) in [5.41, 5.74) is 2.48. The number of nitrogens with zero attached hydrogens (tertiary/aromatic N) is 1. The van der Waals surface area contributed by atoms with Gasteiger partial charge in [0.05, 0.1) is 5.69 Å². The Hall–Kier alpha value is -1.42. The summed E-state index contributed by atoms with van der Waals surface area (Å²) in [4.78, 5) is 3.91. The summed E-state index contributed by atoms with van der Waals surface area (Å²) in [6.07, 6.45) is 0. The van der Waals surface area contributed by atoms with Crippen LogP contribution < -0.4 is 5.48 Å². The highest BCUT2D eigenvalue weighted by Gasteiger charge is 1.91. The molecule has 0 amide bonds. The van der Waals surface area contributed by atoms with Crippen LogP contribution in [0.2, 0.25) is 0 Å². The van der Waals surface area contributed by atoms with E-state index in [1.54, 1.807) is 6.92 Å². The van der Waals surface area contributed by atoms with Crippen molar-refractivity contribution in [1.82, 2.24) is 5.48 Å². The van der Waals surface area contributed by atoms with Crippen molar-refractivity contribution in [2.24, 2.45) is 4.99 Å². The van der Waals surface area contributed by atoms with E-state index in [0.29, 0.717) is 11.5 Å². The van der Waals surface area contributed by atoms with Gasteiger partial charge in [-0.25, -0.2) is 9.38 Å². The second kappa shape index (κ2) is 3.82. The monoisotopic (exact) mass is 168 g/mol. The van der Waals surface area contributed by atoms with Crippen molar-refractivity contribution in [2.75, 3.05) is 0 Å². The maximum Gasteiger partial charge on any atom is 0.123 e. The van der Waals surface area contributed by atoms with Crippen LogP contribution in [0.1, 0.15) is 6.92 Å². The molecule has 0 atom stereocenters. The number of aliphatic imine (C=N–C) groups is 1. The SMILES string of the molecule is CC(=Nc1ccc(F)cc1)NO. The molecule has 3 nitrogen and oxygen atoms in total. The van der Waals surface area contributed by atoms with E-state index in [9.17, 15) is 4.39 Å². The van der Waals surface area contributed by atoms with E-state index in [4.69, 9.17) is 5.21 Å². The van der Waals surface area contributed by atoms with Gasteiger partial charge in [-0.15, -0.1) is 0 Å². The van der Waals surface area contributed by atoms with Gasteiger partial charge in [0, 0.05) is 0 Å². The van der Waals surface area contributed by atoms with E-state index in [2.05, 4.69) is 4.99 Å². The maximum atomic E-state index is 12.4. The lowest BCUT2D eigenvalue weighted by atomic mass is 10.3. The van der Waals surface area contributed by atoms with Gasteiger partial charge in [-0.05, 0) is 31.2 Å². The van der Waals surface area contributed by atoms with Crippen LogP contribution in [-0.4, -0.2) is 11.0 Å². The lowest BCUT2D eigenvalue weighted by Crippen LogP contribution is -2.13. The van der Waals surface area contributed by atoms with Crippen molar-refractivity contribution >= 4 is 11.5 Å². The van der Waals surface area contributed by atoms with Gasteiger partial charge in [-0.1, -0.05) is 0 Å². The number of benzene rings is 1. The number of hydrogen-bond donors (Lipinski definition) is 2. The van der Waals surface area contributed by atoms with E-state index in [-0.39, 0.29) is 5.82 Å². The first kappa shape index (κ1) is 8.67. The van der Waals surface area contributed by atoms with Gasteiger partial charge < -0.3 is 0 Å². The fraction of sp³-hybridized carbons (Fsp3) is 0.125. The number of rotatable bonds is 1. The van der Waals surface area contributed by atoms with Crippen LogP contribution >= 0.6 is 0 Å². The average molecular weight is 168 g/mol. The summed E-state index contributed by atoms with van der Waals surface area (Å²) >= 11 is 0. The highest BCUT2D eigenvalue weighted by Crippen LogP contribution is 2.11. The molecular formula is C8H9FN2O. The standard InChI is InChI=1S/C8H9FN2O/c1-6(11-12)10-8-4-2-7(9)3-5-8/h2-5,12H,1H3,(H,10,11). The molecule has 0 saturated carbocycles. The summed E-state index contributed by atoms with van der Waals surface area (Å²) in [5, 5.41) is 8.40. The fourth-order valence-corrected chi connectivity index (χ4v) is 0.734. The predicted octanol–water partition coefficient (Wildman–Crippen LogP) is 1.85. The zero-order valence-electron chi connectivity index (χ0n) is 6.58. The van der Waals surface area contributed by atoms with Crippen LogP contribution in [0.3, 0.4) is 0 Å². The van der Waals surface area contributed by atoms with Crippen molar-refractivity contribution in [2.45, 2.75) is 6.92 Å². The van der Waals surface area contributed by atoms with Crippen molar-refractivity contribution in [3.63, 3.8) is 0 Å². The minimum Gasteiger partial charge on any atom is -0.290 e. The van der Waals surface area contributed by atoms with Crippen molar-refractivity contribution < 1.29 is 9.60 Å². The summed E-state index contributed by atoms with van der Waals surface area (Å²) in [5.74, 6) is 0.0603. The van der Waals surface area contributed by atoms with Gasteiger partial charge in [-0.3, -0.25) is 10.7 Å². The van der Waals surface area contributed by atoms with Crippen LogP contribution in [0, 0.1) is 5.82 Å². The van der Waals surface area contributed by atoms with E-state index in [0.717, 1.165) is 0 Å². The lowest BCUT2D eigenvalue weighted by molar-refractivity contribution is 0.234. The minimum absolute atomic E-state index is 0.302. The van der Waals surface area contributed by atoms with Crippen LogP contribution in [-0.2, 0) is 0 Å². The van der Waals surface area contributed by atoms with Crippen molar-refractivity contribution in [3.05, 3.63) is 30.1 Å². The predicted molar refractivity (Wildman–Crippen MR) is 44.1 cm³/mol. The molecule has 0 bridgehead atoms. The molecule has 1 rings (SSSR count). The molecule has 0 saturated heterocycles. The normalized spacial score (nSPS) is 11.4. The zero-order valence-corrected chi connectivity index (χ0v) is 6.58. The average Bonchev–Trinajstić information content (AvgIpc) is 2.09. The van der Waals surface area contributed by atoms with Gasteiger partial charge in [0.15, 0.2) is 0 Å². The molecule has 0 radical (unpaired) electrons. The fourth-order valence-electron chi connectivity index (χ4n) is 0.734. The Kier molecular flexibility index (Phi) is 2.76. The number of hydrogen-bond acceptors (Lipinski definition) is 2. The van der Waals surface area contributed by atoms with Gasteiger partial charge in [0.1, 0.15) is 11.7 Å².